The molecule has 0 bridgehead atoms. The monoisotopic (exact) mass is 702 g/mol. The minimum atomic E-state index is 0.651. The SMILES string of the molecule is C=C/C(C)=C(\N)N(c1ccc(-c2ccc3c4c(cccc24)-c2c-3c(-c3ccccc3)c3ccccc3c2-c2ccccc2)cc1)c1cccc2ccccc12. The lowest BCUT2D eigenvalue weighted by molar-refractivity contribution is 1.10. The molecule has 0 spiro atoms. The summed E-state index contributed by atoms with van der Waals surface area (Å²) >= 11 is 0. The van der Waals surface area contributed by atoms with Gasteiger partial charge >= 0.3 is 0 Å². The van der Waals surface area contributed by atoms with E-state index in [1.165, 1.54) is 77.0 Å². The lowest BCUT2D eigenvalue weighted by Crippen LogP contribution is -2.24. The average Bonchev–Trinajstić information content (AvgIpc) is 3.58. The van der Waals surface area contributed by atoms with Gasteiger partial charge in [0.25, 0.3) is 0 Å². The number of hydrogen-bond donors (Lipinski definition) is 1. The molecule has 2 N–H and O–H groups in total. The Balaban J connectivity index is 1.18. The van der Waals surface area contributed by atoms with Crippen LogP contribution >= 0.6 is 0 Å². The number of nitrogens with zero attached hydrogens (tertiary/aromatic N) is 1. The van der Waals surface area contributed by atoms with Crippen molar-refractivity contribution in [1.29, 1.82) is 0 Å². The Morgan fingerprint density at radius 1 is 0.455 bits per heavy atom. The fourth-order valence-electron chi connectivity index (χ4n) is 8.74. The van der Waals surface area contributed by atoms with E-state index in [2.05, 4.69) is 193 Å². The Kier molecular flexibility index (Phi) is 7.71. The van der Waals surface area contributed by atoms with Gasteiger partial charge in [-0.25, -0.2) is 0 Å². The molecule has 0 aromatic heterocycles. The lowest BCUT2D eigenvalue weighted by atomic mass is 9.82. The van der Waals surface area contributed by atoms with Gasteiger partial charge < -0.3 is 5.73 Å². The highest BCUT2D eigenvalue weighted by atomic mass is 15.2. The first-order valence-corrected chi connectivity index (χ1v) is 18.9. The van der Waals surface area contributed by atoms with Crippen LogP contribution in [0.1, 0.15) is 6.92 Å². The number of fused-ring (bicyclic) bond motifs is 5. The molecular weight excluding hydrogens is 665 g/mol. The molecule has 1 aliphatic rings. The molecular formula is C53H38N2. The number of benzene rings is 9. The third-order valence-corrected chi connectivity index (χ3v) is 11.3. The van der Waals surface area contributed by atoms with Crippen molar-refractivity contribution in [3.05, 3.63) is 206 Å². The maximum Gasteiger partial charge on any atom is 0.111 e. The smallest absolute Gasteiger partial charge is 0.111 e. The Labute approximate surface area is 321 Å². The zero-order chi connectivity index (χ0) is 37.0. The number of allylic oxidation sites excluding steroid dienone is 2. The molecule has 0 unspecified atom stereocenters. The average molecular weight is 703 g/mol. The van der Waals surface area contributed by atoms with E-state index in [4.69, 9.17) is 5.73 Å². The van der Waals surface area contributed by atoms with E-state index in [1.54, 1.807) is 0 Å². The van der Waals surface area contributed by atoms with Crippen LogP contribution in [0.15, 0.2) is 206 Å². The number of nitrogens with two attached hydrogens (primary N) is 1. The highest BCUT2D eigenvalue weighted by Crippen LogP contribution is 2.58. The largest absolute Gasteiger partial charge is 0.385 e. The van der Waals surface area contributed by atoms with E-state index in [1.807, 2.05) is 13.0 Å². The second kappa shape index (κ2) is 13.1. The molecule has 1 aliphatic carbocycles. The molecule has 0 aliphatic heterocycles. The summed E-state index contributed by atoms with van der Waals surface area (Å²) in [4.78, 5) is 2.15. The number of anilines is 2. The van der Waals surface area contributed by atoms with E-state index in [-0.39, 0.29) is 0 Å². The van der Waals surface area contributed by atoms with Gasteiger partial charge in [0.1, 0.15) is 5.82 Å². The minimum Gasteiger partial charge on any atom is -0.385 e. The Bertz CT molecular complexity index is 2890. The summed E-state index contributed by atoms with van der Waals surface area (Å²) in [5.74, 6) is 0.651. The van der Waals surface area contributed by atoms with Crippen LogP contribution in [-0.4, -0.2) is 0 Å². The second-order valence-electron chi connectivity index (χ2n) is 14.3. The first kappa shape index (κ1) is 32.5. The topological polar surface area (TPSA) is 29.3 Å². The summed E-state index contributed by atoms with van der Waals surface area (Å²) in [5.41, 5.74) is 22.4. The minimum absolute atomic E-state index is 0.651. The van der Waals surface area contributed by atoms with Crippen LogP contribution in [0, 0.1) is 0 Å². The zero-order valence-corrected chi connectivity index (χ0v) is 30.6. The van der Waals surface area contributed by atoms with Gasteiger partial charge in [-0.05, 0) is 113 Å². The standard InChI is InChI=1S/C53H38N2/c1-3-34(2)53(54)55(47-27-14-21-35-16-10-11-22-41(35)47)39-30-28-36(29-31-39)40-32-33-46-50-42(40)25-15-26-45(50)51-48(37-17-6-4-7-18-37)43-23-12-13-24-44(43)49(52(46)51)38-19-8-5-9-20-38/h3-33H,1,54H2,2H3/b53-34+. The van der Waals surface area contributed by atoms with E-state index in [0.29, 0.717) is 5.82 Å². The Morgan fingerprint density at radius 3 is 1.60 bits per heavy atom. The van der Waals surface area contributed by atoms with Crippen LogP contribution in [0.25, 0.3) is 88.0 Å². The van der Waals surface area contributed by atoms with Crippen molar-refractivity contribution in [2.24, 2.45) is 5.73 Å². The predicted molar refractivity (Wildman–Crippen MR) is 235 cm³/mol. The fraction of sp³-hybridized carbons (Fsp3) is 0.0189. The predicted octanol–water partition coefficient (Wildman–Crippen LogP) is 14.3. The summed E-state index contributed by atoms with van der Waals surface area (Å²) in [7, 11) is 0. The summed E-state index contributed by atoms with van der Waals surface area (Å²) < 4.78 is 0. The summed E-state index contributed by atoms with van der Waals surface area (Å²) in [6.45, 7) is 6.04. The van der Waals surface area contributed by atoms with Crippen molar-refractivity contribution in [1.82, 2.24) is 0 Å². The van der Waals surface area contributed by atoms with Gasteiger partial charge in [0.2, 0.25) is 0 Å². The van der Waals surface area contributed by atoms with Gasteiger partial charge in [-0.2, -0.15) is 0 Å². The van der Waals surface area contributed by atoms with E-state index >= 15 is 0 Å². The summed E-state index contributed by atoms with van der Waals surface area (Å²) in [6, 6.07) is 65.9. The fourth-order valence-corrected chi connectivity index (χ4v) is 8.74. The summed E-state index contributed by atoms with van der Waals surface area (Å²) in [6.07, 6.45) is 1.82. The van der Waals surface area contributed by atoms with Gasteiger partial charge in [-0.3, -0.25) is 4.90 Å². The van der Waals surface area contributed by atoms with Crippen LogP contribution in [-0.2, 0) is 0 Å². The highest BCUT2D eigenvalue weighted by molar-refractivity contribution is 6.28. The normalized spacial score (nSPS) is 12.2. The molecule has 0 atom stereocenters. The first-order valence-electron chi connectivity index (χ1n) is 18.9. The lowest BCUT2D eigenvalue weighted by Gasteiger charge is -2.28. The molecule has 10 rings (SSSR count). The first-order chi connectivity index (χ1) is 27.1. The molecule has 0 saturated heterocycles. The molecule has 9 aromatic carbocycles. The maximum atomic E-state index is 6.91. The van der Waals surface area contributed by atoms with Crippen molar-refractivity contribution in [3.63, 3.8) is 0 Å². The summed E-state index contributed by atoms with van der Waals surface area (Å²) in [5, 5.41) is 7.38. The molecule has 9 aromatic rings. The number of hydrogen-bond acceptors (Lipinski definition) is 2. The van der Waals surface area contributed by atoms with Crippen LogP contribution < -0.4 is 10.6 Å². The van der Waals surface area contributed by atoms with E-state index in [9.17, 15) is 0 Å². The van der Waals surface area contributed by atoms with Crippen molar-refractivity contribution in [2.75, 3.05) is 4.90 Å². The number of rotatable bonds is 7. The van der Waals surface area contributed by atoms with Crippen molar-refractivity contribution >= 4 is 43.7 Å². The molecule has 0 amide bonds. The Hall–Kier alpha value is -7.16. The third kappa shape index (κ3) is 5.10. The van der Waals surface area contributed by atoms with Gasteiger partial charge in [0.05, 0.1) is 5.69 Å². The quantitative estimate of drug-likeness (QED) is 0.168. The van der Waals surface area contributed by atoms with Crippen molar-refractivity contribution < 1.29 is 0 Å². The van der Waals surface area contributed by atoms with Gasteiger partial charge in [0, 0.05) is 11.1 Å². The third-order valence-electron chi connectivity index (χ3n) is 11.3. The molecule has 55 heavy (non-hydrogen) atoms. The van der Waals surface area contributed by atoms with Crippen LogP contribution in [0.4, 0.5) is 11.4 Å². The molecule has 0 fully saturated rings. The van der Waals surface area contributed by atoms with Gasteiger partial charge in [-0.15, -0.1) is 0 Å². The zero-order valence-electron chi connectivity index (χ0n) is 30.6. The molecule has 260 valence electrons. The van der Waals surface area contributed by atoms with E-state index in [0.717, 1.165) is 27.9 Å². The van der Waals surface area contributed by atoms with Crippen LogP contribution in [0.5, 0.6) is 0 Å². The van der Waals surface area contributed by atoms with Gasteiger partial charge in [-0.1, -0.05) is 176 Å². The van der Waals surface area contributed by atoms with E-state index < -0.39 is 0 Å². The molecule has 0 saturated carbocycles. The molecule has 2 nitrogen and oxygen atoms in total. The molecule has 0 heterocycles. The molecule has 2 heteroatoms. The maximum absolute atomic E-state index is 6.91. The van der Waals surface area contributed by atoms with Crippen LogP contribution in [0.3, 0.4) is 0 Å². The molecule has 0 radical (unpaired) electrons. The Morgan fingerprint density at radius 2 is 0.964 bits per heavy atom. The van der Waals surface area contributed by atoms with Gasteiger partial charge in [0.15, 0.2) is 0 Å². The van der Waals surface area contributed by atoms with Crippen molar-refractivity contribution in [3.8, 4) is 55.6 Å². The second-order valence-corrected chi connectivity index (χ2v) is 14.3. The van der Waals surface area contributed by atoms with Crippen molar-refractivity contribution in [2.45, 2.75) is 6.92 Å². The highest BCUT2D eigenvalue weighted by Gasteiger charge is 2.31. The van der Waals surface area contributed by atoms with Crippen LogP contribution in [0.2, 0.25) is 0 Å².